The molecule has 1 aliphatic heterocycles. The zero-order valence-corrected chi connectivity index (χ0v) is 15.8. The highest BCUT2D eigenvalue weighted by Crippen LogP contribution is 2.17. The Labute approximate surface area is 156 Å². The van der Waals surface area contributed by atoms with E-state index in [1.54, 1.807) is 0 Å². The van der Waals surface area contributed by atoms with Gasteiger partial charge in [0.05, 0.1) is 13.2 Å². The Balaban J connectivity index is 1.42. The van der Waals surface area contributed by atoms with E-state index < -0.39 is 0 Å². The summed E-state index contributed by atoms with van der Waals surface area (Å²) in [6.07, 6.45) is 1.15. The third-order valence-corrected chi connectivity index (χ3v) is 4.83. The Kier molecular flexibility index (Phi) is 6.67. The number of hydrogen-bond acceptors (Lipinski definition) is 2. The summed E-state index contributed by atoms with van der Waals surface area (Å²) < 4.78 is 5.92. The Hall–Kier alpha value is -2.33. The van der Waals surface area contributed by atoms with Crippen molar-refractivity contribution in [1.29, 1.82) is 0 Å². The number of likely N-dealkylation sites (tertiary alicyclic amines) is 1. The predicted molar refractivity (Wildman–Crippen MR) is 107 cm³/mol. The molecule has 2 aromatic rings. The molecule has 3 rings (SSSR count). The number of hydrogen-bond donors (Lipinski definition) is 1. The van der Waals surface area contributed by atoms with E-state index in [-0.39, 0.29) is 0 Å². The third-order valence-electron chi connectivity index (χ3n) is 4.83. The maximum Gasteiger partial charge on any atom is 0.193 e. The maximum absolute atomic E-state index is 5.92. The van der Waals surface area contributed by atoms with Crippen LogP contribution in [0.25, 0.3) is 0 Å². The normalized spacial score (nSPS) is 17.5. The molecule has 1 saturated heterocycles. The Morgan fingerprint density at radius 3 is 2.62 bits per heavy atom. The number of guanidine groups is 1. The predicted octanol–water partition coefficient (Wildman–Crippen LogP) is 3.61. The standard InChI is InChI=1S/C22H29N3O/c1-18-8-10-19(11-9-18)14-24-22(23-2)25-13-12-21(15-25)17-26-16-20-6-4-3-5-7-20/h3-11,21H,12-17H2,1-2H3,(H,23,24). The molecule has 1 unspecified atom stereocenters. The second-order valence-electron chi connectivity index (χ2n) is 6.99. The lowest BCUT2D eigenvalue weighted by molar-refractivity contribution is 0.0906. The van der Waals surface area contributed by atoms with Gasteiger partial charge in [0.15, 0.2) is 5.96 Å². The van der Waals surface area contributed by atoms with Crippen molar-refractivity contribution in [1.82, 2.24) is 10.2 Å². The molecule has 0 aliphatic carbocycles. The highest BCUT2D eigenvalue weighted by atomic mass is 16.5. The molecule has 1 heterocycles. The monoisotopic (exact) mass is 351 g/mol. The van der Waals surface area contributed by atoms with Gasteiger partial charge in [0.25, 0.3) is 0 Å². The minimum Gasteiger partial charge on any atom is -0.376 e. The summed E-state index contributed by atoms with van der Waals surface area (Å²) in [5.41, 5.74) is 3.80. The molecule has 0 radical (unpaired) electrons. The summed E-state index contributed by atoms with van der Waals surface area (Å²) in [5, 5.41) is 3.48. The molecule has 0 bridgehead atoms. The van der Waals surface area contributed by atoms with E-state index in [9.17, 15) is 0 Å². The molecule has 1 N–H and O–H groups in total. The molecule has 4 heteroatoms. The maximum atomic E-state index is 5.92. The van der Waals surface area contributed by atoms with E-state index in [0.29, 0.717) is 12.5 Å². The molecule has 1 atom stereocenters. The fourth-order valence-electron chi connectivity index (χ4n) is 3.30. The van der Waals surface area contributed by atoms with Gasteiger partial charge in [-0.1, -0.05) is 60.2 Å². The summed E-state index contributed by atoms with van der Waals surface area (Å²) in [6.45, 7) is 6.45. The van der Waals surface area contributed by atoms with Gasteiger partial charge in [0.1, 0.15) is 0 Å². The molecule has 26 heavy (non-hydrogen) atoms. The Morgan fingerprint density at radius 2 is 1.88 bits per heavy atom. The van der Waals surface area contributed by atoms with Crippen molar-refractivity contribution < 1.29 is 4.74 Å². The molecular formula is C22H29N3O. The molecule has 138 valence electrons. The minimum atomic E-state index is 0.566. The third kappa shape index (κ3) is 5.33. The molecule has 0 aromatic heterocycles. The van der Waals surface area contributed by atoms with Crippen molar-refractivity contribution in [2.24, 2.45) is 10.9 Å². The fraction of sp³-hybridized carbons (Fsp3) is 0.409. The van der Waals surface area contributed by atoms with Crippen LogP contribution < -0.4 is 5.32 Å². The van der Waals surface area contributed by atoms with Crippen molar-refractivity contribution in [2.75, 3.05) is 26.7 Å². The van der Waals surface area contributed by atoms with Gasteiger partial charge in [-0.15, -0.1) is 0 Å². The summed E-state index contributed by atoms with van der Waals surface area (Å²) in [5.74, 6) is 1.55. The summed E-state index contributed by atoms with van der Waals surface area (Å²) in [7, 11) is 1.86. The molecule has 4 nitrogen and oxygen atoms in total. The van der Waals surface area contributed by atoms with Crippen LogP contribution >= 0.6 is 0 Å². The van der Waals surface area contributed by atoms with Crippen LogP contribution in [0, 0.1) is 12.8 Å². The molecule has 2 aromatic carbocycles. The number of aryl methyl sites for hydroxylation is 1. The minimum absolute atomic E-state index is 0.566. The lowest BCUT2D eigenvalue weighted by atomic mass is 10.1. The summed E-state index contributed by atoms with van der Waals surface area (Å²) in [4.78, 5) is 6.79. The van der Waals surface area contributed by atoms with Crippen LogP contribution in [-0.2, 0) is 17.9 Å². The number of nitrogens with zero attached hydrogens (tertiary/aromatic N) is 2. The van der Waals surface area contributed by atoms with Gasteiger partial charge in [-0.2, -0.15) is 0 Å². The molecular weight excluding hydrogens is 322 g/mol. The first-order valence-corrected chi connectivity index (χ1v) is 9.37. The Morgan fingerprint density at radius 1 is 1.12 bits per heavy atom. The van der Waals surface area contributed by atoms with E-state index in [1.165, 1.54) is 16.7 Å². The zero-order chi connectivity index (χ0) is 18.2. The molecule has 0 saturated carbocycles. The van der Waals surface area contributed by atoms with Gasteiger partial charge in [-0.3, -0.25) is 4.99 Å². The number of ether oxygens (including phenoxy) is 1. The second kappa shape index (κ2) is 9.39. The van der Waals surface area contributed by atoms with Crippen LogP contribution in [0.2, 0.25) is 0 Å². The quantitative estimate of drug-likeness (QED) is 0.638. The lowest BCUT2D eigenvalue weighted by Crippen LogP contribution is -2.39. The first-order valence-electron chi connectivity index (χ1n) is 9.37. The summed E-state index contributed by atoms with van der Waals surface area (Å²) >= 11 is 0. The molecule has 1 aliphatic rings. The zero-order valence-electron chi connectivity index (χ0n) is 15.8. The number of nitrogens with one attached hydrogen (secondary N) is 1. The largest absolute Gasteiger partial charge is 0.376 e. The summed E-state index contributed by atoms with van der Waals surface area (Å²) in [6, 6.07) is 19.0. The van der Waals surface area contributed by atoms with Crippen molar-refractivity contribution in [3.63, 3.8) is 0 Å². The van der Waals surface area contributed by atoms with Crippen LogP contribution in [0.5, 0.6) is 0 Å². The number of rotatable bonds is 6. The lowest BCUT2D eigenvalue weighted by Gasteiger charge is -2.22. The highest BCUT2D eigenvalue weighted by molar-refractivity contribution is 5.80. The van der Waals surface area contributed by atoms with Gasteiger partial charge in [0, 0.05) is 32.6 Å². The van der Waals surface area contributed by atoms with Crippen molar-refractivity contribution >= 4 is 5.96 Å². The van der Waals surface area contributed by atoms with Gasteiger partial charge in [-0.25, -0.2) is 0 Å². The fourth-order valence-corrected chi connectivity index (χ4v) is 3.30. The first-order chi connectivity index (χ1) is 12.7. The number of aliphatic imine (C=N–C) groups is 1. The molecule has 1 fully saturated rings. The van der Waals surface area contributed by atoms with Gasteiger partial charge in [0.2, 0.25) is 0 Å². The van der Waals surface area contributed by atoms with Crippen LogP contribution in [-0.4, -0.2) is 37.6 Å². The smallest absolute Gasteiger partial charge is 0.193 e. The van der Waals surface area contributed by atoms with Crippen molar-refractivity contribution in [3.05, 3.63) is 71.3 Å². The van der Waals surface area contributed by atoms with Crippen molar-refractivity contribution in [3.8, 4) is 0 Å². The van der Waals surface area contributed by atoms with Crippen molar-refractivity contribution in [2.45, 2.75) is 26.5 Å². The van der Waals surface area contributed by atoms with Crippen LogP contribution in [0.3, 0.4) is 0 Å². The Bertz CT molecular complexity index is 697. The van der Waals surface area contributed by atoms with Crippen LogP contribution in [0.15, 0.2) is 59.6 Å². The van der Waals surface area contributed by atoms with Gasteiger partial charge in [-0.05, 0) is 24.5 Å². The average Bonchev–Trinajstić information content (AvgIpc) is 3.13. The first kappa shape index (κ1) is 18.5. The second-order valence-corrected chi connectivity index (χ2v) is 6.99. The van der Waals surface area contributed by atoms with E-state index in [0.717, 1.165) is 38.6 Å². The molecule has 0 spiro atoms. The van der Waals surface area contributed by atoms with Gasteiger partial charge >= 0.3 is 0 Å². The van der Waals surface area contributed by atoms with E-state index in [4.69, 9.17) is 4.74 Å². The van der Waals surface area contributed by atoms with E-state index >= 15 is 0 Å². The SMILES string of the molecule is CN=C(NCc1ccc(C)cc1)N1CCC(COCc2ccccc2)C1. The average molecular weight is 351 g/mol. The van der Waals surface area contributed by atoms with Crippen LogP contribution in [0.1, 0.15) is 23.1 Å². The van der Waals surface area contributed by atoms with Gasteiger partial charge < -0.3 is 15.0 Å². The molecule has 0 amide bonds. The topological polar surface area (TPSA) is 36.9 Å². The van der Waals surface area contributed by atoms with E-state index in [2.05, 4.69) is 70.7 Å². The number of benzene rings is 2. The van der Waals surface area contributed by atoms with Crippen LogP contribution in [0.4, 0.5) is 0 Å². The van der Waals surface area contributed by atoms with E-state index in [1.807, 2.05) is 13.1 Å². The highest BCUT2D eigenvalue weighted by Gasteiger charge is 2.24.